The zero-order valence-corrected chi connectivity index (χ0v) is 19.8. The van der Waals surface area contributed by atoms with Crippen molar-refractivity contribution >= 4 is 21.7 Å². The zero-order valence-electron chi connectivity index (χ0n) is 19.8. The third kappa shape index (κ3) is 4.53. The number of nitrogens with zero attached hydrogens (tertiary/aromatic N) is 3. The summed E-state index contributed by atoms with van der Waals surface area (Å²) in [5, 5.41) is 12.1. The van der Waals surface area contributed by atoms with Crippen LogP contribution in [0.4, 0.5) is 0 Å². The van der Waals surface area contributed by atoms with Crippen LogP contribution in [-0.4, -0.2) is 37.9 Å². The first-order valence-electron chi connectivity index (χ1n) is 11.1. The van der Waals surface area contributed by atoms with Crippen LogP contribution in [-0.2, 0) is 12.8 Å². The van der Waals surface area contributed by atoms with Gasteiger partial charge in [-0.2, -0.15) is 5.26 Å². The van der Waals surface area contributed by atoms with Gasteiger partial charge < -0.3 is 18.9 Å². The van der Waals surface area contributed by atoms with E-state index in [9.17, 15) is 0 Å². The standard InChI is InChI=1S/C27H27N3O4/c1-5-6-24-22-15-26(33-4)25(32-3)14-21(22)19(16-29-24)12-18-11-17-13-20(31-2)7-8-23(17)30-27(18)34-10-9-28/h7-8,11,13-16H,5-6,10,12H2,1-4H3. The number of rotatable bonds is 9. The van der Waals surface area contributed by atoms with E-state index in [0.29, 0.717) is 23.8 Å². The number of nitriles is 1. The summed E-state index contributed by atoms with van der Waals surface area (Å²) in [5.41, 5.74) is 3.65. The van der Waals surface area contributed by atoms with Gasteiger partial charge in [0, 0.05) is 34.6 Å². The van der Waals surface area contributed by atoms with Gasteiger partial charge in [-0.15, -0.1) is 0 Å². The minimum Gasteiger partial charge on any atom is -0.497 e. The minimum absolute atomic E-state index is 0.0822. The molecular formula is C27H27N3O4. The van der Waals surface area contributed by atoms with Gasteiger partial charge >= 0.3 is 0 Å². The first-order valence-corrected chi connectivity index (χ1v) is 11.1. The van der Waals surface area contributed by atoms with Crippen molar-refractivity contribution in [3.63, 3.8) is 0 Å². The molecule has 7 nitrogen and oxygen atoms in total. The molecule has 0 radical (unpaired) electrons. The predicted octanol–water partition coefficient (Wildman–Crippen LogP) is 5.25. The molecule has 0 aliphatic carbocycles. The number of methoxy groups -OCH3 is 3. The SMILES string of the molecule is CCCc1ncc(Cc2cc3cc(OC)ccc3nc2OCC#N)c2cc(OC)c(OC)cc12. The minimum atomic E-state index is -0.0822. The van der Waals surface area contributed by atoms with Gasteiger partial charge in [0.1, 0.15) is 11.8 Å². The van der Waals surface area contributed by atoms with Crippen LogP contribution in [0, 0.1) is 11.3 Å². The highest BCUT2D eigenvalue weighted by Crippen LogP contribution is 2.36. The fourth-order valence-electron chi connectivity index (χ4n) is 4.12. The average molecular weight is 458 g/mol. The summed E-state index contributed by atoms with van der Waals surface area (Å²) in [4.78, 5) is 9.45. The zero-order chi connectivity index (χ0) is 24.1. The van der Waals surface area contributed by atoms with E-state index in [2.05, 4.69) is 11.9 Å². The normalized spacial score (nSPS) is 10.8. The smallest absolute Gasteiger partial charge is 0.218 e. The number of benzene rings is 2. The molecule has 2 aromatic heterocycles. The van der Waals surface area contributed by atoms with Gasteiger partial charge in [0.2, 0.25) is 5.88 Å². The Morgan fingerprint density at radius 3 is 2.35 bits per heavy atom. The van der Waals surface area contributed by atoms with E-state index < -0.39 is 0 Å². The number of aryl methyl sites for hydroxylation is 1. The molecule has 0 amide bonds. The molecule has 2 aromatic carbocycles. The van der Waals surface area contributed by atoms with Crippen molar-refractivity contribution < 1.29 is 18.9 Å². The molecule has 2 heterocycles. The molecular weight excluding hydrogens is 430 g/mol. The molecule has 0 fully saturated rings. The molecule has 174 valence electrons. The summed E-state index contributed by atoms with van der Waals surface area (Å²) in [6, 6.07) is 13.7. The molecule has 7 heteroatoms. The van der Waals surface area contributed by atoms with E-state index in [1.807, 2.05) is 48.7 Å². The third-order valence-electron chi connectivity index (χ3n) is 5.76. The van der Waals surface area contributed by atoms with Crippen LogP contribution in [0.2, 0.25) is 0 Å². The van der Waals surface area contributed by atoms with E-state index in [1.54, 1.807) is 21.3 Å². The van der Waals surface area contributed by atoms with Crippen LogP contribution < -0.4 is 18.9 Å². The van der Waals surface area contributed by atoms with Crippen LogP contribution in [0.25, 0.3) is 21.7 Å². The Kier molecular flexibility index (Phi) is 6.98. The van der Waals surface area contributed by atoms with Crippen molar-refractivity contribution in [2.24, 2.45) is 0 Å². The maximum absolute atomic E-state index is 9.06. The molecule has 0 unspecified atom stereocenters. The van der Waals surface area contributed by atoms with Gasteiger partial charge in [0.05, 0.1) is 26.8 Å². The molecule has 0 aliphatic heterocycles. The van der Waals surface area contributed by atoms with Gasteiger partial charge in [-0.25, -0.2) is 4.98 Å². The van der Waals surface area contributed by atoms with Crippen LogP contribution in [0.5, 0.6) is 23.1 Å². The molecule has 0 saturated heterocycles. The van der Waals surface area contributed by atoms with Crippen molar-refractivity contribution in [2.45, 2.75) is 26.2 Å². The Morgan fingerprint density at radius 1 is 0.912 bits per heavy atom. The lowest BCUT2D eigenvalue weighted by molar-refractivity contribution is 0.351. The largest absolute Gasteiger partial charge is 0.497 e. The molecule has 0 atom stereocenters. The second-order valence-electron chi connectivity index (χ2n) is 7.87. The van der Waals surface area contributed by atoms with Crippen molar-refractivity contribution in [3.8, 4) is 29.2 Å². The van der Waals surface area contributed by atoms with Crippen molar-refractivity contribution in [3.05, 3.63) is 59.4 Å². The topological polar surface area (TPSA) is 86.5 Å². The monoisotopic (exact) mass is 457 g/mol. The first kappa shape index (κ1) is 23.1. The summed E-state index contributed by atoms with van der Waals surface area (Å²) in [6.07, 6.45) is 4.27. The Morgan fingerprint density at radius 2 is 1.68 bits per heavy atom. The Bertz CT molecular complexity index is 1380. The van der Waals surface area contributed by atoms with E-state index >= 15 is 0 Å². The molecule has 0 N–H and O–H groups in total. The molecule has 0 bridgehead atoms. The fraction of sp³-hybridized carbons (Fsp3) is 0.296. The van der Waals surface area contributed by atoms with Crippen molar-refractivity contribution in [1.82, 2.24) is 9.97 Å². The van der Waals surface area contributed by atoms with Crippen molar-refractivity contribution in [1.29, 1.82) is 5.26 Å². The molecule has 34 heavy (non-hydrogen) atoms. The fourth-order valence-corrected chi connectivity index (χ4v) is 4.12. The number of fused-ring (bicyclic) bond motifs is 2. The Balaban J connectivity index is 1.88. The second kappa shape index (κ2) is 10.3. The second-order valence-corrected chi connectivity index (χ2v) is 7.87. The van der Waals surface area contributed by atoms with Crippen LogP contribution in [0.3, 0.4) is 0 Å². The summed E-state index contributed by atoms with van der Waals surface area (Å²) in [6.45, 7) is 2.05. The summed E-state index contributed by atoms with van der Waals surface area (Å²) >= 11 is 0. The maximum Gasteiger partial charge on any atom is 0.218 e. The Hall–Kier alpha value is -4.05. The van der Waals surface area contributed by atoms with Gasteiger partial charge in [0.25, 0.3) is 0 Å². The van der Waals surface area contributed by atoms with E-state index in [4.69, 9.17) is 29.2 Å². The van der Waals surface area contributed by atoms with E-state index in [-0.39, 0.29) is 6.61 Å². The third-order valence-corrected chi connectivity index (χ3v) is 5.76. The highest BCUT2D eigenvalue weighted by molar-refractivity contribution is 5.91. The number of pyridine rings is 2. The summed E-state index contributed by atoms with van der Waals surface area (Å²) in [5.74, 6) is 2.51. The van der Waals surface area contributed by atoms with Gasteiger partial charge in [-0.3, -0.25) is 4.98 Å². The average Bonchev–Trinajstić information content (AvgIpc) is 2.87. The quantitative estimate of drug-likeness (QED) is 0.339. The molecule has 0 aliphatic rings. The van der Waals surface area contributed by atoms with Crippen LogP contribution in [0.15, 0.2) is 42.6 Å². The lowest BCUT2D eigenvalue weighted by Crippen LogP contribution is -2.04. The van der Waals surface area contributed by atoms with E-state index in [0.717, 1.165) is 57.1 Å². The molecule has 4 rings (SSSR count). The summed E-state index contributed by atoms with van der Waals surface area (Å²) < 4.78 is 22.2. The van der Waals surface area contributed by atoms with Gasteiger partial charge in [-0.1, -0.05) is 13.3 Å². The number of aromatic nitrogens is 2. The lowest BCUT2D eigenvalue weighted by atomic mass is 9.97. The number of hydrogen-bond donors (Lipinski definition) is 0. The Labute approximate surface area is 198 Å². The van der Waals surface area contributed by atoms with Crippen LogP contribution in [0.1, 0.15) is 30.2 Å². The number of hydrogen-bond acceptors (Lipinski definition) is 7. The highest BCUT2D eigenvalue weighted by Gasteiger charge is 2.16. The molecule has 4 aromatic rings. The molecule has 0 saturated carbocycles. The van der Waals surface area contributed by atoms with Crippen LogP contribution >= 0.6 is 0 Å². The van der Waals surface area contributed by atoms with E-state index in [1.165, 1.54) is 0 Å². The number of ether oxygens (including phenoxy) is 4. The van der Waals surface area contributed by atoms with Gasteiger partial charge in [0.15, 0.2) is 18.1 Å². The molecule has 0 spiro atoms. The maximum atomic E-state index is 9.06. The first-order chi connectivity index (χ1) is 16.6. The lowest BCUT2D eigenvalue weighted by Gasteiger charge is -2.16. The predicted molar refractivity (Wildman–Crippen MR) is 131 cm³/mol. The van der Waals surface area contributed by atoms with Gasteiger partial charge in [-0.05, 0) is 53.8 Å². The highest BCUT2D eigenvalue weighted by atomic mass is 16.5. The summed E-state index contributed by atoms with van der Waals surface area (Å²) in [7, 11) is 4.90. The van der Waals surface area contributed by atoms with Crippen molar-refractivity contribution in [2.75, 3.05) is 27.9 Å².